The Balaban J connectivity index is 1.44. The second-order valence-electron chi connectivity index (χ2n) is 11.1. The van der Waals surface area contributed by atoms with Crippen molar-refractivity contribution in [3.05, 3.63) is 111 Å². The Morgan fingerprint density at radius 3 is 2.50 bits per heavy atom. The van der Waals surface area contributed by atoms with Crippen LogP contribution >= 0.6 is 0 Å². The van der Waals surface area contributed by atoms with Crippen LogP contribution in [0.3, 0.4) is 0 Å². The van der Waals surface area contributed by atoms with E-state index >= 15 is 0 Å². The monoisotopic (exact) mass is 624 g/mol. The van der Waals surface area contributed by atoms with Crippen LogP contribution in [0.25, 0.3) is 11.1 Å². The molecule has 0 spiro atoms. The van der Waals surface area contributed by atoms with Crippen molar-refractivity contribution in [2.75, 3.05) is 31.6 Å². The lowest BCUT2D eigenvalue weighted by Crippen LogP contribution is -2.40. The summed E-state index contributed by atoms with van der Waals surface area (Å²) < 4.78 is 6.66. The maximum absolute atomic E-state index is 13.3. The number of fused-ring (bicyclic) bond motifs is 1. The third-order valence-electron chi connectivity index (χ3n) is 8.35. The molecule has 0 saturated carbocycles. The van der Waals surface area contributed by atoms with Gasteiger partial charge in [0.05, 0.1) is 38.0 Å². The number of carboxylic acid groups (broad SMARTS) is 1. The van der Waals surface area contributed by atoms with Crippen LogP contribution in [-0.2, 0) is 24.9 Å². The standard InChI is InChI=1S/C33H32N6O7/c1-37-16-21(14-26(32(37)43)36-27-9-6-19(15-35-27)31(42)38-10-12-46-13-11-38)28-24(8-7-23(30(34)41)25(28)18-40)29-22-5-3-2-4-20(22)17-39(29)33(44)45/h2-9,14-16,29,40H,10-13,17-18H2,1H3,(H2,34,41)(H,35,36)(H,44,45). The third kappa shape index (κ3) is 5.57. The van der Waals surface area contributed by atoms with E-state index in [1.54, 1.807) is 42.4 Å². The van der Waals surface area contributed by atoms with Crippen molar-refractivity contribution in [2.24, 2.45) is 12.8 Å². The number of aliphatic hydroxyl groups is 1. The van der Waals surface area contributed by atoms with Crippen molar-refractivity contribution in [3.63, 3.8) is 0 Å². The molecule has 2 aliphatic heterocycles. The maximum atomic E-state index is 13.3. The Morgan fingerprint density at radius 1 is 1.07 bits per heavy atom. The number of hydrogen-bond donors (Lipinski definition) is 4. The molecule has 1 saturated heterocycles. The zero-order chi connectivity index (χ0) is 32.5. The van der Waals surface area contributed by atoms with E-state index in [0.29, 0.717) is 54.4 Å². The number of nitrogens with two attached hydrogens (primary N) is 1. The van der Waals surface area contributed by atoms with Crippen molar-refractivity contribution in [1.29, 1.82) is 0 Å². The highest BCUT2D eigenvalue weighted by atomic mass is 16.5. The Labute approximate surface area is 263 Å². The minimum Gasteiger partial charge on any atom is -0.465 e. The summed E-state index contributed by atoms with van der Waals surface area (Å²) in [6.45, 7) is 1.51. The summed E-state index contributed by atoms with van der Waals surface area (Å²) in [6.07, 6.45) is 1.85. The smallest absolute Gasteiger partial charge is 0.408 e. The summed E-state index contributed by atoms with van der Waals surface area (Å²) in [7, 11) is 1.55. The number of pyridine rings is 2. The zero-order valence-corrected chi connectivity index (χ0v) is 25.0. The highest BCUT2D eigenvalue weighted by Crippen LogP contribution is 2.44. The molecule has 0 bridgehead atoms. The number of aryl methyl sites for hydroxylation is 1. The van der Waals surface area contributed by atoms with Crippen LogP contribution in [0, 0.1) is 0 Å². The average Bonchev–Trinajstić information content (AvgIpc) is 3.46. The van der Waals surface area contributed by atoms with E-state index < -0.39 is 30.2 Å². The molecule has 13 nitrogen and oxygen atoms in total. The molecule has 0 aliphatic carbocycles. The minimum absolute atomic E-state index is 0.0694. The molecule has 2 aliphatic rings. The number of carbonyl (C=O) groups excluding carboxylic acids is 2. The number of nitrogens with zero attached hydrogens (tertiary/aromatic N) is 4. The Kier molecular flexibility index (Phi) is 8.26. The number of primary amides is 1. The topological polar surface area (TPSA) is 180 Å². The van der Waals surface area contributed by atoms with Gasteiger partial charge in [-0.15, -0.1) is 0 Å². The van der Waals surface area contributed by atoms with Crippen LogP contribution in [-0.4, -0.2) is 73.8 Å². The highest BCUT2D eigenvalue weighted by Gasteiger charge is 2.37. The Morgan fingerprint density at radius 2 is 1.83 bits per heavy atom. The first-order chi connectivity index (χ1) is 22.2. The number of aliphatic hydroxyl groups excluding tert-OH is 1. The van der Waals surface area contributed by atoms with Crippen molar-refractivity contribution >= 4 is 29.4 Å². The zero-order valence-electron chi connectivity index (χ0n) is 25.0. The fourth-order valence-corrected chi connectivity index (χ4v) is 6.15. The van der Waals surface area contributed by atoms with Crippen LogP contribution in [0.2, 0.25) is 0 Å². The summed E-state index contributed by atoms with van der Waals surface area (Å²) in [5.41, 5.74) is 9.01. The first-order valence-electron chi connectivity index (χ1n) is 14.6. The minimum atomic E-state index is -1.14. The predicted molar refractivity (Wildman–Crippen MR) is 168 cm³/mol. The SMILES string of the molecule is Cn1cc(-c2c(C3c4ccccc4CN3C(=O)O)ccc(C(N)=O)c2CO)cc(Nc2ccc(C(=O)N3CCOCC3)cn2)c1=O. The first-order valence-corrected chi connectivity index (χ1v) is 14.6. The highest BCUT2D eigenvalue weighted by molar-refractivity contribution is 5.97. The van der Waals surface area contributed by atoms with E-state index in [1.807, 2.05) is 24.3 Å². The lowest BCUT2D eigenvalue weighted by atomic mass is 9.86. The molecule has 0 radical (unpaired) electrons. The van der Waals surface area contributed by atoms with Gasteiger partial charge in [0, 0.05) is 43.7 Å². The van der Waals surface area contributed by atoms with Gasteiger partial charge in [0.25, 0.3) is 11.5 Å². The van der Waals surface area contributed by atoms with Crippen LogP contribution < -0.4 is 16.6 Å². The number of hydrogen-bond acceptors (Lipinski definition) is 8. The van der Waals surface area contributed by atoms with Gasteiger partial charge < -0.3 is 35.5 Å². The maximum Gasteiger partial charge on any atom is 0.408 e. The molecule has 2 aromatic heterocycles. The van der Waals surface area contributed by atoms with Gasteiger partial charge in [-0.05, 0) is 52.1 Å². The second kappa shape index (κ2) is 12.5. The Hall–Kier alpha value is -5.53. The quantitative estimate of drug-likeness (QED) is 0.240. The van der Waals surface area contributed by atoms with Crippen molar-refractivity contribution in [2.45, 2.75) is 19.2 Å². The van der Waals surface area contributed by atoms with Gasteiger partial charge in [-0.3, -0.25) is 19.3 Å². The molecular formula is C33H32N6O7. The number of ether oxygens (including phenoxy) is 1. The second-order valence-corrected chi connectivity index (χ2v) is 11.1. The number of anilines is 2. The van der Waals surface area contributed by atoms with Gasteiger partial charge in [0.1, 0.15) is 11.5 Å². The number of carbonyl (C=O) groups is 3. The van der Waals surface area contributed by atoms with E-state index in [-0.39, 0.29) is 29.3 Å². The van der Waals surface area contributed by atoms with E-state index in [1.165, 1.54) is 21.7 Å². The van der Waals surface area contributed by atoms with E-state index in [0.717, 1.165) is 11.1 Å². The molecule has 1 unspecified atom stereocenters. The molecule has 46 heavy (non-hydrogen) atoms. The number of amides is 3. The van der Waals surface area contributed by atoms with Crippen LogP contribution in [0.15, 0.2) is 71.8 Å². The summed E-state index contributed by atoms with van der Waals surface area (Å²) in [4.78, 5) is 58.4. The average molecular weight is 625 g/mol. The normalized spacial score (nSPS) is 15.8. The lowest BCUT2D eigenvalue weighted by molar-refractivity contribution is 0.0302. The molecule has 5 N–H and O–H groups in total. The van der Waals surface area contributed by atoms with Crippen molar-refractivity contribution in [3.8, 4) is 11.1 Å². The first kappa shape index (κ1) is 30.5. The lowest BCUT2D eigenvalue weighted by Gasteiger charge is -2.27. The van der Waals surface area contributed by atoms with E-state index in [2.05, 4.69) is 10.3 Å². The van der Waals surface area contributed by atoms with Gasteiger partial charge in [-0.25, -0.2) is 9.78 Å². The molecule has 4 heterocycles. The number of aromatic nitrogens is 2. The summed E-state index contributed by atoms with van der Waals surface area (Å²) in [5.74, 6) is -0.622. The number of morpholine rings is 1. The van der Waals surface area contributed by atoms with Crippen LogP contribution in [0.1, 0.15) is 49.0 Å². The number of rotatable bonds is 7. The summed E-state index contributed by atoms with van der Waals surface area (Å²) in [5, 5.41) is 23.8. The van der Waals surface area contributed by atoms with Crippen LogP contribution in [0.5, 0.6) is 0 Å². The molecule has 13 heteroatoms. The fourth-order valence-electron chi connectivity index (χ4n) is 6.15. The van der Waals surface area contributed by atoms with Crippen LogP contribution in [0.4, 0.5) is 16.3 Å². The largest absolute Gasteiger partial charge is 0.465 e. The number of benzene rings is 2. The molecular weight excluding hydrogens is 592 g/mol. The van der Waals surface area contributed by atoms with Gasteiger partial charge in [0.15, 0.2) is 0 Å². The van der Waals surface area contributed by atoms with Crippen molar-refractivity contribution < 1.29 is 29.3 Å². The molecule has 1 fully saturated rings. The molecule has 4 aromatic rings. The molecule has 1 atom stereocenters. The summed E-state index contributed by atoms with van der Waals surface area (Å²) in [6, 6.07) is 14.5. The van der Waals surface area contributed by atoms with E-state index in [4.69, 9.17) is 10.5 Å². The Bertz CT molecular complexity index is 1900. The van der Waals surface area contributed by atoms with Gasteiger partial charge in [0.2, 0.25) is 5.91 Å². The fraction of sp³-hybridized carbons (Fsp3) is 0.242. The van der Waals surface area contributed by atoms with Crippen molar-refractivity contribution in [1.82, 2.24) is 19.4 Å². The van der Waals surface area contributed by atoms with E-state index in [9.17, 15) is 29.4 Å². The molecule has 236 valence electrons. The van der Waals surface area contributed by atoms with Gasteiger partial charge >= 0.3 is 6.09 Å². The summed E-state index contributed by atoms with van der Waals surface area (Å²) >= 11 is 0. The molecule has 2 aromatic carbocycles. The molecule has 3 amide bonds. The number of nitrogens with one attached hydrogen (secondary N) is 1. The van der Waals surface area contributed by atoms with Gasteiger partial charge in [-0.1, -0.05) is 30.3 Å². The predicted octanol–water partition coefficient (Wildman–Crippen LogP) is 2.84. The van der Waals surface area contributed by atoms with Gasteiger partial charge in [-0.2, -0.15) is 0 Å². The molecule has 6 rings (SSSR count). The third-order valence-corrected chi connectivity index (χ3v) is 8.35.